The van der Waals surface area contributed by atoms with E-state index in [2.05, 4.69) is 25.5 Å². The van der Waals surface area contributed by atoms with E-state index in [1.54, 1.807) is 6.92 Å². The highest BCUT2D eigenvalue weighted by molar-refractivity contribution is 7.90. The molecule has 2 amide bonds. The summed E-state index contributed by atoms with van der Waals surface area (Å²) in [5.74, 6) is -0.381. The lowest BCUT2D eigenvalue weighted by Gasteiger charge is -2.49. The minimum atomic E-state index is -4.18. The van der Waals surface area contributed by atoms with Crippen molar-refractivity contribution in [3.8, 4) is 11.5 Å². The summed E-state index contributed by atoms with van der Waals surface area (Å²) in [5, 5.41) is 0. The van der Waals surface area contributed by atoms with Crippen LogP contribution in [-0.2, 0) is 31.4 Å². The number of carbonyl (C=O) groups excluding carboxylic acids is 2. The highest BCUT2D eigenvalue weighted by atomic mass is 32.2. The largest absolute Gasteiger partial charge is 0.493 e. The number of nitrogens with one attached hydrogen (secondary N) is 1. The van der Waals surface area contributed by atoms with E-state index in [0.717, 1.165) is 11.1 Å². The van der Waals surface area contributed by atoms with Gasteiger partial charge in [-0.15, -0.1) is 0 Å². The van der Waals surface area contributed by atoms with Crippen molar-refractivity contribution >= 4 is 21.8 Å². The van der Waals surface area contributed by atoms with Gasteiger partial charge in [0.15, 0.2) is 11.5 Å². The van der Waals surface area contributed by atoms with Crippen LogP contribution in [0.15, 0.2) is 47.4 Å². The molecule has 1 saturated heterocycles. The van der Waals surface area contributed by atoms with Crippen molar-refractivity contribution in [3.05, 3.63) is 53.6 Å². The van der Waals surface area contributed by atoms with Crippen molar-refractivity contribution < 1.29 is 27.5 Å². The average molecular weight is 489 g/mol. The molecule has 1 fully saturated rings. The van der Waals surface area contributed by atoms with Crippen molar-refractivity contribution in [1.82, 2.24) is 9.62 Å². The predicted octanol–water partition coefficient (Wildman–Crippen LogP) is 3.04. The van der Waals surface area contributed by atoms with Gasteiger partial charge in [-0.2, -0.15) is 0 Å². The summed E-state index contributed by atoms with van der Waals surface area (Å²) >= 11 is 0. The second-order valence-electron chi connectivity index (χ2n) is 9.64. The molecule has 0 saturated carbocycles. The van der Waals surface area contributed by atoms with Gasteiger partial charge >= 0.3 is 0 Å². The molecule has 0 spiro atoms. The first kappa shape index (κ1) is 25.6. The maximum atomic E-state index is 13.0. The van der Waals surface area contributed by atoms with E-state index < -0.39 is 21.5 Å². The third-order valence-corrected chi connectivity index (χ3v) is 7.60. The molecule has 1 aliphatic heterocycles. The number of likely N-dealkylation sites (tertiary alicyclic amines) is 1. The SMILES string of the molecule is COc1ccc(S(=O)(=O)NC(=O)C2(C)CCN2C(=O)Cc2ccc(C(C)(C)C)cc2)cc1OC. The molecule has 8 nitrogen and oxygen atoms in total. The van der Waals surface area contributed by atoms with Crippen LogP contribution in [0.1, 0.15) is 45.2 Å². The Hall–Kier alpha value is -3.07. The van der Waals surface area contributed by atoms with E-state index in [-0.39, 0.29) is 28.4 Å². The molecule has 1 heterocycles. The minimum absolute atomic E-state index is 0.00999. The Morgan fingerprint density at radius 2 is 1.65 bits per heavy atom. The molecule has 0 aromatic heterocycles. The lowest BCUT2D eigenvalue weighted by Crippen LogP contribution is -2.68. The lowest BCUT2D eigenvalue weighted by molar-refractivity contribution is -0.156. The van der Waals surface area contributed by atoms with E-state index in [1.165, 1.54) is 37.3 Å². The second-order valence-corrected chi connectivity index (χ2v) is 11.3. The van der Waals surface area contributed by atoms with Crippen LogP contribution < -0.4 is 14.2 Å². The molecule has 1 aliphatic rings. The normalized spacial score (nSPS) is 18.1. The molecular weight excluding hydrogens is 456 g/mol. The molecule has 0 aliphatic carbocycles. The maximum absolute atomic E-state index is 13.0. The van der Waals surface area contributed by atoms with Crippen LogP contribution >= 0.6 is 0 Å². The number of nitrogens with zero attached hydrogens (tertiary/aromatic N) is 1. The molecule has 3 rings (SSSR count). The number of ether oxygens (including phenoxy) is 2. The monoisotopic (exact) mass is 488 g/mol. The number of carbonyl (C=O) groups is 2. The first-order valence-corrected chi connectivity index (χ1v) is 12.5. The molecule has 34 heavy (non-hydrogen) atoms. The van der Waals surface area contributed by atoms with Gasteiger partial charge in [0.1, 0.15) is 5.54 Å². The number of amides is 2. The summed E-state index contributed by atoms with van der Waals surface area (Å²) in [4.78, 5) is 27.2. The molecule has 184 valence electrons. The maximum Gasteiger partial charge on any atom is 0.264 e. The van der Waals surface area contributed by atoms with Crippen LogP contribution in [0.4, 0.5) is 0 Å². The number of sulfonamides is 1. The Morgan fingerprint density at radius 1 is 1.03 bits per heavy atom. The number of rotatable bonds is 7. The molecule has 2 aromatic carbocycles. The van der Waals surface area contributed by atoms with Crippen molar-refractivity contribution in [2.45, 2.75) is 56.4 Å². The van der Waals surface area contributed by atoms with Crippen LogP contribution in [0.5, 0.6) is 11.5 Å². The van der Waals surface area contributed by atoms with E-state index >= 15 is 0 Å². The van der Waals surface area contributed by atoms with Crippen LogP contribution in [-0.4, -0.2) is 51.4 Å². The summed E-state index contributed by atoms with van der Waals surface area (Å²) in [6, 6.07) is 11.9. The number of hydrogen-bond acceptors (Lipinski definition) is 6. The lowest BCUT2D eigenvalue weighted by atomic mass is 9.84. The van der Waals surface area contributed by atoms with E-state index in [0.29, 0.717) is 18.7 Å². The molecule has 1 atom stereocenters. The van der Waals surface area contributed by atoms with Crippen molar-refractivity contribution in [2.75, 3.05) is 20.8 Å². The standard InChI is InChI=1S/C25H32N2O6S/c1-24(2,3)18-9-7-17(8-10-18)15-22(28)27-14-13-25(27,4)23(29)26-34(30,31)19-11-12-20(32-5)21(16-19)33-6/h7-12,16H,13-15H2,1-6H3,(H,26,29). The summed E-state index contributed by atoms with van der Waals surface area (Å²) in [5.41, 5.74) is 0.769. The van der Waals surface area contributed by atoms with Crippen LogP contribution in [0.25, 0.3) is 0 Å². The molecule has 1 unspecified atom stereocenters. The van der Waals surface area contributed by atoms with Gasteiger partial charge in [0.05, 0.1) is 25.5 Å². The number of benzene rings is 2. The highest BCUT2D eigenvalue weighted by Gasteiger charge is 2.50. The van der Waals surface area contributed by atoms with Gasteiger partial charge in [0.25, 0.3) is 15.9 Å². The average Bonchev–Trinajstić information content (AvgIpc) is 2.76. The Labute approximate surface area is 201 Å². The molecule has 0 radical (unpaired) electrons. The fraction of sp³-hybridized carbons (Fsp3) is 0.440. The number of methoxy groups -OCH3 is 2. The van der Waals surface area contributed by atoms with Crippen LogP contribution in [0, 0.1) is 0 Å². The fourth-order valence-corrected chi connectivity index (χ4v) is 4.95. The molecule has 0 bridgehead atoms. The van der Waals surface area contributed by atoms with Crippen molar-refractivity contribution in [3.63, 3.8) is 0 Å². The van der Waals surface area contributed by atoms with E-state index in [9.17, 15) is 18.0 Å². The van der Waals surface area contributed by atoms with Crippen LogP contribution in [0.2, 0.25) is 0 Å². The van der Waals surface area contributed by atoms with Gasteiger partial charge in [0, 0.05) is 12.6 Å². The highest BCUT2D eigenvalue weighted by Crippen LogP contribution is 2.33. The van der Waals surface area contributed by atoms with Crippen molar-refractivity contribution in [2.24, 2.45) is 0 Å². The molecule has 9 heteroatoms. The number of hydrogen-bond donors (Lipinski definition) is 1. The van der Waals surface area contributed by atoms with Crippen LogP contribution in [0.3, 0.4) is 0 Å². The van der Waals surface area contributed by atoms with Gasteiger partial charge < -0.3 is 14.4 Å². The summed E-state index contributed by atoms with van der Waals surface area (Å²) < 4.78 is 38.1. The Balaban J connectivity index is 1.72. The quantitative estimate of drug-likeness (QED) is 0.643. The molecule has 2 aromatic rings. The zero-order valence-electron chi connectivity index (χ0n) is 20.5. The Kier molecular flexibility index (Phi) is 6.98. The smallest absolute Gasteiger partial charge is 0.264 e. The molecule has 1 N–H and O–H groups in total. The molecular formula is C25H32N2O6S. The Morgan fingerprint density at radius 3 is 2.15 bits per heavy atom. The van der Waals surface area contributed by atoms with Gasteiger partial charge in [-0.3, -0.25) is 9.59 Å². The summed E-state index contributed by atoms with van der Waals surface area (Å²) in [7, 11) is -1.34. The minimum Gasteiger partial charge on any atom is -0.493 e. The predicted molar refractivity (Wildman–Crippen MR) is 128 cm³/mol. The summed E-state index contributed by atoms with van der Waals surface area (Å²) in [6.07, 6.45) is 0.505. The first-order chi connectivity index (χ1) is 15.8. The van der Waals surface area contributed by atoms with Gasteiger partial charge in [0.2, 0.25) is 5.91 Å². The van der Waals surface area contributed by atoms with Gasteiger partial charge in [-0.25, -0.2) is 13.1 Å². The van der Waals surface area contributed by atoms with Crippen molar-refractivity contribution in [1.29, 1.82) is 0 Å². The second kappa shape index (κ2) is 9.29. The fourth-order valence-electron chi connectivity index (χ4n) is 3.86. The first-order valence-electron chi connectivity index (χ1n) is 11.0. The van der Waals surface area contributed by atoms with E-state index in [1.807, 2.05) is 24.3 Å². The van der Waals surface area contributed by atoms with Gasteiger partial charge in [-0.05, 0) is 42.0 Å². The zero-order chi connectivity index (χ0) is 25.3. The van der Waals surface area contributed by atoms with E-state index in [4.69, 9.17) is 9.47 Å². The third kappa shape index (κ3) is 5.04. The third-order valence-electron chi connectivity index (χ3n) is 6.28. The summed E-state index contributed by atoms with van der Waals surface area (Å²) in [6.45, 7) is 8.32. The zero-order valence-corrected chi connectivity index (χ0v) is 21.3. The Bertz CT molecular complexity index is 1180. The topological polar surface area (TPSA) is 102 Å². The van der Waals surface area contributed by atoms with Gasteiger partial charge in [-0.1, -0.05) is 45.0 Å².